The molecule has 3 aromatic rings. The van der Waals surface area contributed by atoms with Crippen LogP contribution in [0, 0.1) is 20.8 Å². The number of benzene rings is 1. The van der Waals surface area contributed by atoms with Crippen molar-refractivity contribution >= 4 is 17.0 Å². The summed E-state index contributed by atoms with van der Waals surface area (Å²) in [6, 6.07) is 8.75. The van der Waals surface area contributed by atoms with Crippen LogP contribution in [0.2, 0.25) is 0 Å². The molecule has 0 unspecified atom stereocenters. The number of oxazole rings is 1. The van der Waals surface area contributed by atoms with Gasteiger partial charge >= 0.3 is 0 Å². The number of anilines is 1. The molecule has 1 atom stereocenters. The molecule has 1 aliphatic heterocycles. The van der Waals surface area contributed by atoms with Crippen molar-refractivity contribution in [3.63, 3.8) is 0 Å². The third-order valence-corrected chi connectivity index (χ3v) is 5.10. The lowest BCUT2D eigenvalue weighted by Gasteiger charge is -2.17. The van der Waals surface area contributed by atoms with Gasteiger partial charge in [-0.1, -0.05) is 24.3 Å². The van der Waals surface area contributed by atoms with Crippen molar-refractivity contribution in [2.75, 3.05) is 31.5 Å². The Balaban J connectivity index is 1.37. The molecule has 2 aromatic heterocycles. The molecule has 1 N–H and O–H groups in total. The number of hydrogen-bond donors (Lipinski definition) is 1. The van der Waals surface area contributed by atoms with Gasteiger partial charge in [0, 0.05) is 26.6 Å². The maximum absolute atomic E-state index is 5.53. The lowest BCUT2D eigenvalue weighted by Crippen LogP contribution is -2.27. The Kier molecular flexibility index (Phi) is 4.59. The van der Waals surface area contributed by atoms with E-state index in [4.69, 9.17) is 4.42 Å². The van der Waals surface area contributed by atoms with Gasteiger partial charge in [-0.15, -0.1) is 0 Å². The number of nitrogens with one attached hydrogen (secondary N) is 1. The van der Waals surface area contributed by atoms with Crippen LogP contribution in [0.1, 0.15) is 35.2 Å². The van der Waals surface area contributed by atoms with Crippen molar-refractivity contribution in [3.05, 3.63) is 47.1 Å². The van der Waals surface area contributed by atoms with Crippen LogP contribution in [-0.4, -0.2) is 46.0 Å². The van der Waals surface area contributed by atoms with Gasteiger partial charge < -0.3 is 14.6 Å². The van der Waals surface area contributed by atoms with Crippen LogP contribution in [0.25, 0.3) is 11.2 Å². The highest BCUT2D eigenvalue weighted by Gasteiger charge is 2.24. The minimum atomic E-state index is 0.554. The Hall–Kier alpha value is -2.47. The van der Waals surface area contributed by atoms with Crippen molar-refractivity contribution in [1.82, 2.24) is 19.9 Å². The van der Waals surface area contributed by atoms with Crippen LogP contribution in [0.3, 0.4) is 0 Å². The second kappa shape index (κ2) is 7.03. The Labute approximate surface area is 153 Å². The van der Waals surface area contributed by atoms with Gasteiger partial charge in [0.1, 0.15) is 5.82 Å². The number of likely N-dealkylation sites (tertiary alicyclic amines) is 1. The molecule has 0 amide bonds. The lowest BCUT2D eigenvalue weighted by atomic mass is 9.94. The second-order valence-electron chi connectivity index (χ2n) is 7.08. The summed E-state index contributed by atoms with van der Waals surface area (Å²) >= 11 is 0. The van der Waals surface area contributed by atoms with Crippen molar-refractivity contribution < 1.29 is 4.42 Å². The van der Waals surface area contributed by atoms with E-state index in [-0.39, 0.29) is 0 Å². The van der Waals surface area contributed by atoms with E-state index >= 15 is 0 Å². The average molecular weight is 351 g/mol. The highest BCUT2D eigenvalue weighted by molar-refractivity contribution is 5.81. The van der Waals surface area contributed by atoms with Crippen LogP contribution in [0.15, 0.2) is 28.7 Å². The zero-order chi connectivity index (χ0) is 18.1. The summed E-state index contributed by atoms with van der Waals surface area (Å²) in [6.07, 6.45) is 1.23. The van der Waals surface area contributed by atoms with Gasteiger partial charge in [-0.3, -0.25) is 0 Å². The predicted octanol–water partition coefficient (Wildman–Crippen LogP) is 3.44. The molecule has 0 radical (unpaired) electrons. The highest BCUT2D eigenvalue weighted by atomic mass is 16.4. The van der Waals surface area contributed by atoms with Crippen LogP contribution in [-0.2, 0) is 0 Å². The topological polar surface area (TPSA) is 67.1 Å². The van der Waals surface area contributed by atoms with Gasteiger partial charge in [0.25, 0.3) is 5.71 Å². The van der Waals surface area contributed by atoms with Gasteiger partial charge in [0.05, 0.1) is 0 Å². The van der Waals surface area contributed by atoms with Crippen molar-refractivity contribution in [2.24, 2.45) is 0 Å². The van der Waals surface area contributed by atoms with E-state index in [1.54, 1.807) is 0 Å². The number of nitrogens with zero attached hydrogens (tertiary/aromatic N) is 4. The Morgan fingerprint density at radius 1 is 1.15 bits per heavy atom. The van der Waals surface area contributed by atoms with Crippen LogP contribution in [0.5, 0.6) is 0 Å². The summed E-state index contributed by atoms with van der Waals surface area (Å²) in [5, 5.41) is 3.42. The summed E-state index contributed by atoms with van der Waals surface area (Å²) < 4.78 is 5.53. The molecule has 3 heterocycles. The predicted molar refractivity (Wildman–Crippen MR) is 103 cm³/mol. The standard InChI is InChI=1S/C20H25N5O/c1-13-6-4-5-7-17(13)16-8-10-25(12-16)11-9-21-19-18-20(23-14(2)22-19)26-15(3)24-18/h4-7,16H,8-12H2,1-3H3,(H,21,22,23)/t16-/m1/s1. The zero-order valence-corrected chi connectivity index (χ0v) is 15.6. The van der Waals surface area contributed by atoms with E-state index < -0.39 is 0 Å². The molecule has 1 aliphatic rings. The van der Waals surface area contributed by atoms with Gasteiger partial charge in [-0.25, -0.2) is 9.97 Å². The summed E-state index contributed by atoms with van der Waals surface area (Å²) in [6.45, 7) is 9.99. The number of aryl methyl sites for hydroxylation is 3. The first-order valence-electron chi connectivity index (χ1n) is 9.23. The van der Waals surface area contributed by atoms with Gasteiger partial charge in [-0.2, -0.15) is 4.98 Å². The molecule has 1 aromatic carbocycles. The Bertz CT molecular complexity index is 920. The fraction of sp³-hybridized carbons (Fsp3) is 0.450. The van der Waals surface area contributed by atoms with Gasteiger partial charge in [0.2, 0.25) is 0 Å². The third kappa shape index (κ3) is 3.42. The average Bonchev–Trinajstić information content (AvgIpc) is 3.21. The molecule has 1 fully saturated rings. The Morgan fingerprint density at radius 3 is 2.85 bits per heavy atom. The van der Waals surface area contributed by atoms with Gasteiger partial charge in [0.15, 0.2) is 17.2 Å². The quantitative estimate of drug-likeness (QED) is 0.759. The van der Waals surface area contributed by atoms with Crippen LogP contribution in [0.4, 0.5) is 5.82 Å². The molecule has 0 saturated carbocycles. The minimum absolute atomic E-state index is 0.554. The van der Waals surface area contributed by atoms with E-state index in [1.165, 1.54) is 17.5 Å². The second-order valence-corrected chi connectivity index (χ2v) is 7.08. The molecule has 6 heteroatoms. The molecule has 0 bridgehead atoms. The van der Waals surface area contributed by atoms with Crippen LogP contribution >= 0.6 is 0 Å². The number of rotatable bonds is 5. The molecule has 0 spiro atoms. The smallest absolute Gasteiger partial charge is 0.252 e. The molecule has 4 rings (SSSR count). The first-order valence-corrected chi connectivity index (χ1v) is 9.23. The molecule has 0 aliphatic carbocycles. The zero-order valence-electron chi connectivity index (χ0n) is 15.6. The highest BCUT2D eigenvalue weighted by Crippen LogP contribution is 2.29. The minimum Gasteiger partial charge on any atom is -0.422 e. The molecule has 1 saturated heterocycles. The third-order valence-electron chi connectivity index (χ3n) is 5.10. The fourth-order valence-electron chi connectivity index (χ4n) is 3.82. The first-order chi connectivity index (χ1) is 12.6. The molecule has 136 valence electrons. The fourth-order valence-corrected chi connectivity index (χ4v) is 3.82. The van der Waals surface area contributed by atoms with Gasteiger partial charge in [-0.05, 0) is 43.9 Å². The van der Waals surface area contributed by atoms with E-state index in [9.17, 15) is 0 Å². The number of aromatic nitrogens is 3. The summed E-state index contributed by atoms with van der Waals surface area (Å²) in [4.78, 5) is 15.7. The number of hydrogen-bond acceptors (Lipinski definition) is 6. The lowest BCUT2D eigenvalue weighted by molar-refractivity contribution is 0.347. The molecule has 6 nitrogen and oxygen atoms in total. The van der Waals surface area contributed by atoms with E-state index in [2.05, 4.69) is 56.4 Å². The summed E-state index contributed by atoms with van der Waals surface area (Å²) in [5.41, 5.74) is 4.16. The maximum atomic E-state index is 5.53. The molecular weight excluding hydrogens is 326 g/mol. The largest absolute Gasteiger partial charge is 0.422 e. The van der Waals surface area contributed by atoms with Crippen molar-refractivity contribution in [2.45, 2.75) is 33.1 Å². The molecular formula is C20H25N5O. The molecule has 26 heavy (non-hydrogen) atoms. The van der Waals surface area contributed by atoms with E-state index in [0.717, 1.165) is 32.0 Å². The Morgan fingerprint density at radius 2 is 2.00 bits per heavy atom. The van der Waals surface area contributed by atoms with E-state index in [0.29, 0.717) is 28.9 Å². The maximum Gasteiger partial charge on any atom is 0.252 e. The van der Waals surface area contributed by atoms with E-state index in [1.807, 2.05) is 13.8 Å². The summed E-state index contributed by atoms with van der Waals surface area (Å²) in [5.74, 6) is 2.71. The first kappa shape index (κ1) is 17.0. The number of fused-ring (bicyclic) bond motifs is 1. The SMILES string of the molecule is Cc1nc(NCCN2CC[C@@H](c3ccccc3C)C2)c2nc(C)oc2n1. The van der Waals surface area contributed by atoms with Crippen molar-refractivity contribution in [3.8, 4) is 0 Å². The summed E-state index contributed by atoms with van der Waals surface area (Å²) in [7, 11) is 0. The monoisotopic (exact) mass is 351 g/mol. The normalized spacial score (nSPS) is 17.9. The van der Waals surface area contributed by atoms with Crippen LogP contribution < -0.4 is 5.32 Å². The van der Waals surface area contributed by atoms with Crippen molar-refractivity contribution in [1.29, 1.82) is 0 Å².